The van der Waals surface area contributed by atoms with Crippen LogP contribution in [-0.4, -0.2) is 43.6 Å². The van der Waals surface area contributed by atoms with Crippen molar-refractivity contribution in [3.05, 3.63) is 63.8 Å². The second-order valence-electron chi connectivity index (χ2n) is 6.51. The highest BCUT2D eigenvalue weighted by Crippen LogP contribution is 2.36. The van der Waals surface area contributed by atoms with Crippen LogP contribution in [0.1, 0.15) is 18.9 Å². The highest BCUT2D eigenvalue weighted by atomic mass is 35.5. The van der Waals surface area contributed by atoms with Crippen LogP contribution in [0, 0.1) is 0 Å². The molecule has 0 radical (unpaired) electrons. The summed E-state index contributed by atoms with van der Waals surface area (Å²) in [5, 5.41) is 3.81. The van der Waals surface area contributed by atoms with E-state index in [1.54, 1.807) is 30.3 Å². The fourth-order valence-corrected chi connectivity index (χ4v) is 3.69. The molecule has 2 aromatic rings. The van der Waals surface area contributed by atoms with Crippen molar-refractivity contribution >= 4 is 46.3 Å². The van der Waals surface area contributed by atoms with Gasteiger partial charge in [-0.15, -0.1) is 0 Å². The number of carbonyl (C=O) groups is 2. The van der Waals surface area contributed by atoms with Gasteiger partial charge in [0, 0.05) is 30.3 Å². The summed E-state index contributed by atoms with van der Waals surface area (Å²) in [6, 6.07) is 12.0. The molecule has 2 amide bonds. The van der Waals surface area contributed by atoms with Crippen LogP contribution in [-0.2, 0) is 14.3 Å². The standard InChI is InChI=1S/C22H22Cl2N2O4/c1-3-30-12-6-11-26-21(27)19(15-10-9-14(23)13-16(15)24)20(22(26)28)25-17-7-4-5-8-18(17)29-2/h4-5,7-10,13,25H,3,6,11-12H2,1-2H3. The summed E-state index contributed by atoms with van der Waals surface area (Å²) in [4.78, 5) is 27.6. The lowest BCUT2D eigenvalue weighted by molar-refractivity contribution is -0.137. The van der Waals surface area contributed by atoms with Gasteiger partial charge in [0.1, 0.15) is 11.4 Å². The molecular weight excluding hydrogens is 427 g/mol. The maximum atomic E-state index is 13.2. The number of carbonyl (C=O) groups excluding carboxylic acids is 2. The average Bonchev–Trinajstić information content (AvgIpc) is 2.96. The maximum Gasteiger partial charge on any atom is 0.278 e. The van der Waals surface area contributed by atoms with Crippen molar-refractivity contribution < 1.29 is 19.1 Å². The van der Waals surface area contributed by atoms with Crippen molar-refractivity contribution in [2.45, 2.75) is 13.3 Å². The van der Waals surface area contributed by atoms with Gasteiger partial charge in [-0.05, 0) is 37.6 Å². The molecule has 1 N–H and O–H groups in total. The van der Waals surface area contributed by atoms with Crippen molar-refractivity contribution in [1.29, 1.82) is 0 Å². The van der Waals surface area contributed by atoms with Gasteiger partial charge in [0.2, 0.25) is 0 Å². The van der Waals surface area contributed by atoms with Crippen LogP contribution in [0.25, 0.3) is 5.57 Å². The van der Waals surface area contributed by atoms with Gasteiger partial charge in [-0.25, -0.2) is 0 Å². The van der Waals surface area contributed by atoms with Crippen LogP contribution < -0.4 is 10.1 Å². The first-order valence-electron chi connectivity index (χ1n) is 9.51. The fourth-order valence-electron chi connectivity index (χ4n) is 3.19. The zero-order valence-electron chi connectivity index (χ0n) is 16.7. The smallest absolute Gasteiger partial charge is 0.278 e. The SMILES string of the molecule is CCOCCCN1C(=O)C(Nc2ccccc2OC)=C(c2ccc(Cl)cc2Cl)C1=O. The number of rotatable bonds is 9. The van der Waals surface area contributed by atoms with Crippen molar-refractivity contribution in [2.75, 3.05) is 32.2 Å². The van der Waals surface area contributed by atoms with Gasteiger partial charge in [0.15, 0.2) is 0 Å². The van der Waals surface area contributed by atoms with Crippen molar-refractivity contribution in [3.63, 3.8) is 0 Å². The number of anilines is 1. The number of hydrogen-bond acceptors (Lipinski definition) is 5. The highest BCUT2D eigenvalue weighted by molar-refractivity contribution is 6.41. The molecule has 0 aromatic heterocycles. The third-order valence-corrected chi connectivity index (χ3v) is 5.16. The Labute approximate surface area is 185 Å². The number of amides is 2. The molecule has 0 fully saturated rings. The van der Waals surface area contributed by atoms with E-state index in [1.807, 2.05) is 19.1 Å². The molecule has 6 nitrogen and oxygen atoms in total. The Morgan fingerprint density at radius 1 is 1.07 bits per heavy atom. The Morgan fingerprint density at radius 2 is 1.83 bits per heavy atom. The zero-order chi connectivity index (χ0) is 21.7. The Hall–Kier alpha value is -2.54. The predicted octanol–water partition coefficient (Wildman–Crippen LogP) is 4.62. The van der Waals surface area contributed by atoms with E-state index in [2.05, 4.69) is 5.32 Å². The van der Waals surface area contributed by atoms with E-state index in [0.717, 1.165) is 0 Å². The molecule has 0 unspecified atom stereocenters. The van der Waals surface area contributed by atoms with E-state index < -0.39 is 11.8 Å². The molecule has 1 aliphatic rings. The molecule has 2 aromatic carbocycles. The second kappa shape index (κ2) is 9.98. The van der Waals surface area contributed by atoms with Gasteiger partial charge in [-0.1, -0.05) is 41.4 Å². The van der Waals surface area contributed by atoms with E-state index in [0.29, 0.717) is 41.7 Å². The third-order valence-electron chi connectivity index (χ3n) is 4.61. The Kier molecular flexibility index (Phi) is 7.37. The van der Waals surface area contributed by atoms with Crippen LogP contribution in [0.2, 0.25) is 10.0 Å². The van der Waals surface area contributed by atoms with Crippen LogP contribution in [0.4, 0.5) is 5.69 Å². The molecule has 3 rings (SSSR count). The van der Waals surface area contributed by atoms with Crippen molar-refractivity contribution in [3.8, 4) is 5.75 Å². The van der Waals surface area contributed by atoms with Crippen LogP contribution >= 0.6 is 23.2 Å². The van der Waals surface area contributed by atoms with Gasteiger partial charge < -0.3 is 14.8 Å². The second-order valence-corrected chi connectivity index (χ2v) is 7.36. The van der Waals surface area contributed by atoms with Gasteiger partial charge in [-0.3, -0.25) is 14.5 Å². The van der Waals surface area contributed by atoms with Gasteiger partial charge >= 0.3 is 0 Å². The van der Waals surface area contributed by atoms with Crippen LogP contribution in [0.15, 0.2) is 48.2 Å². The van der Waals surface area contributed by atoms with Crippen molar-refractivity contribution in [1.82, 2.24) is 4.90 Å². The Balaban J connectivity index is 2.02. The maximum absolute atomic E-state index is 13.2. The summed E-state index contributed by atoms with van der Waals surface area (Å²) in [7, 11) is 1.54. The first-order chi connectivity index (χ1) is 14.5. The molecule has 0 aliphatic carbocycles. The topological polar surface area (TPSA) is 67.9 Å². The zero-order valence-corrected chi connectivity index (χ0v) is 18.2. The molecule has 0 saturated carbocycles. The number of nitrogens with one attached hydrogen (secondary N) is 1. The fraction of sp³-hybridized carbons (Fsp3) is 0.273. The van der Waals surface area contributed by atoms with E-state index in [-0.39, 0.29) is 22.8 Å². The first kappa shape index (κ1) is 22.2. The third kappa shape index (κ3) is 4.61. The molecule has 1 aliphatic heterocycles. The lowest BCUT2D eigenvalue weighted by atomic mass is 10.0. The number of para-hydroxylation sites is 2. The predicted molar refractivity (Wildman–Crippen MR) is 118 cm³/mol. The summed E-state index contributed by atoms with van der Waals surface area (Å²) in [5.74, 6) is -0.303. The minimum atomic E-state index is -0.427. The first-order valence-corrected chi connectivity index (χ1v) is 10.3. The molecule has 8 heteroatoms. The molecule has 0 saturated heterocycles. The molecule has 30 heavy (non-hydrogen) atoms. The number of halogens is 2. The number of ether oxygens (including phenoxy) is 2. The molecule has 1 heterocycles. The van der Waals surface area contributed by atoms with E-state index in [9.17, 15) is 9.59 Å². The number of imide groups is 1. The summed E-state index contributed by atoms with van der Waals surface area (Å²) in [6.07, 6.45) is 0.537. The number of methoxy groups -OCH3 is 1. The van der Waals surface area contributed by atoms with Gasteiger partial charge in [-0.2, -0.15) is 0 Å². The molecule has 0 bridgehead atoms. The minimum absolute atomic E-state index is 0.144. The summed E-state index contributed by atoms with van der Waals surface area (Å²) in [6.45, 7) is 3.17. The van der Waals surface area contributed by atoms with Gasteiger partial charge in [0.25, 0.3) is 11.8 Å². The Morgan fingerprint density at radius 3 is 2.53 bits per heavy atom. The summed E-state index contributed by atoms with van der Waals surface area (Å²) >= 11 is 12.4. The minimum Gasteiger partial charge on any atom is -0.495 e. The lowest BCUT2D eigenvalue weighted by Gasteiger charge is -2.15. The largest absolute Gasteiger partial charge is 0.495 e. The Bertz CT molecular complexity index is 991. The van der Waals surface area contributed by atoms with E-state index in [4.69, 9.17) is 32.7 Å². The number of hydrogen-bond donors (Lipinski definition) is 1. The number of nitrogens with zero attached hydrogens (tertiary/aromatic N) is 1. The quantitative estimate of drug-likeness (QED) is 0.447. The van der Waals surface area contributed by atoms with Gasteiger partial charge in [0.05, 0.1) is 23.4 Å². The molecule has 0 spiro atoms. The number of benzene rings is 2. The van der Waals surface area contributed by atoms with Crippen molar-refractivity contribution in [2.24, 2.45) is 0 Å². The van der Waals surface area contributed by atoms with Crippen LogP contribution in [0.3, 0.4) is 0 Å². The lowest BCUT2D eigenvalue weighted by Crippen LogP contribution is -2.34. The average molecular weight is 449 g/mol. The highest BCUT2D eigenvalue weighted by Gasteiger charge is 2.39. The molecule has 0 atom stereocenters. The van der Waals surface area contributed by atoms with Crippen LogP contribution in [0.5, 0.6) is 5.75 Å². The van der Waals surface area contributed by atoms with E-state index in [1.165, 1.54) is 12.0 Å². The summed E-state index contributed by atoms with van der Waals surface area (Å²) in [5.41, 5.74) is 1.34. The monoisotopic (exact) mass is 448 g/mol. The summed E-state index contributed by atoms with van der Waals surface area (Å²) < 4.78 is 10.7. The normalized spacial score (nSPS) is 13.9. The van der Waals surface area contributed by atoms with E-state index >= 15 is 0 Å². The molecule has 158 valence electrons. The molecular formula is C22H22Cl2N2O4.